The number of carbonyl (C=O) groups is 1. The van der Waals surface area contributed by atoms with Gasteiger partial charge in [0, 0.05) is 0 Å². The summed E-state index contributed by atoms with van der Waals surface area (Å²) in [6, 6.07) is 12.8. The molecule has 1 N–H and O–H groups in total. The summed E-state index contributed by atoms with van der Waals surface area (Å²) in [5.41, 5.74) is 0. The summed E-state index contributed by atoms with van der Waals surface area (Å²) in [6.07, 6.45) is 4.38. The summed E-state index contributed by atoms with van der Waals surface area (Å²) in [7, 11) is -3.68. The van der Waals surface area contributed by atoms with Crippen LogP contribution in [0.4, 0.5) is 0 Å². The van der Waals surface area contributed by atoms with Crippen molar-refractivity contribution < 1.29 is 18.3 Å². The molecule has 0 aliphatic heterocycles. The highest BCUT2D eigenvalue weighted by atomic mass is 32.2. The molecule has 0 saturated heterocycles. The monoisotopic (exact) mass is 358 g/mol. The Balaban J connectivity index is 1.80. The van der Waals surface area contributed by atoms with Gasteiger partial charge in [-0.05, 0) is 54.0 Å². The number of aliphatic carboxylic acids is 1. The first-order valence-corrected chi connectivity index (χ1v) is 10.5. The Labute approximate surface area is 147 Å². The number of sulfone groups is 1. The molecular formula is C20H22O4S. The Morgan fingerprint density at radius 3 is 2.36 bits per heavy atom. The summed E-state index contributed by atoms with van der Waals surface area (Å²) in [5.74, 6) is -1.78. The summed E-state index contributed by atoms with van der Waals surface area (Å²) in [5, 5.41) is 10.8. The zero-order chi connectivity index (χ0) is 17.6. The Morgan fingerprint density at radius 2 is 1.64 bits per heavy atom. The molecule has 2 aromatic rings. The Hall–Kier alpha value is -1.88. The molecule has 5 heteroatoms. The van der Waals surface area contributed by atoms with Crippen LogP contribution in [-0.4, -0.2) is 24.7 Å². The van der Waals surface area contributed by atoms with Crippen LogP contribution >= 0.6 is 0 Å². The zero-order valence-electron chi connectivity index (χ0n) is 14.0. The van der Waals surface area contributed by atoms with Crippen molar-refractivity contribution in [3.05, 3.63) is 42.5 Å². The number of fused-ring (bicyclic) bond motifs is 3. The maximum absolute atomic E-state index is 13.4. The summed E-state index contributed by atoms with van der Waals surface area (Å²) < 4.78 is 26.8. The van der Waals surface area contributed by atoms with Crippen molar-refractivity contribution in [1.82, 2.24) is 0 Å². The van der Waals surface area contributed by atoms with Gasteiger partial charge < -0.3 is 5.11 Å². The van der Waals surface area contributed by atoms with Gasteiger partial charge in [0.05, 0.1) is 16.1 Å². The second kappa shape index (κ2) is 6.13. The predicted octanol–water partition coefficient (Wildman–Crippen LogP) is 3.89. The summed E-state index contributed by atoms with van der Waals surface area (Å²) in [4.78, 5) is 12.2. The Morgan fingerprint density at radius 1 is 0.960 bits per heavy atom. The molecule has 0 radical (unpaired) electrons. The number of rotatable bonds is 3. The van der Waals surface area contributed by atoms with E-state index in [1.54, 1.807) is 12.1 Å². The van der Waals surface area contributed by atoms with Crippen LogP contribution in [0.5, 0.6) is 0 Å². The van der Waals surface area contributed by atoms with E-state index in [0.717, 1.165) is 42.9 Å². The molecule has 132 valence electrons. The van der Waals surface area contributed by atoms with E-state index in [1.807, 2.05) is 30.3 Å². The molecule has 0 spiro atoms. The van der Waals surface area contributed by atoms with E-state index in [1.165, 1.54) is 0 Å². The van der Waals surface area contributed by atoms with Crippen molar-refractivity contribution in [2.45, 2.75) is 42.2 Å². The Bertz CT molecular complexity index is 918. The van der Waals surface area contributed by atoms with E-state index in [0.29, 0.717) is 0 Å². The fourth-order valence-corrected chi connectivity index (χ4v) is 7.26. The molecule has 4 rings (SSSR count). The van der Waals surface area contributed by atoms with Crippen LogP contribution in [0.3, 0.4) is 0 Å². The zero-order valence-corrected chi connectivity index (χ0v) is 14.8. The first kappa shape index (κ1) is 16.6. The molecule has 2 aliphatic carbocycles. The molecule has 0 heterocycles. The lowest BCUT2D eigenvalue weighted by Gasteiger charge is -2.26. The van der Waals surface area contributed by atoms with E-state index in [2.05, 4.69) is 0 Å². The number of hydrogen-bond donors (Lipinski definition) is 1. The standard InChI is InChI=1S/C20H22O4S/c21-20(22)18-15-7-3-4-8-16(11-15)19(18)25(23,24)17-10-9-13-5-1-2-6-14(13)12-17/h1-2,5-6,9-10,12,15-16,18-19H,3-4,7-8,11H2,(H,21,22)/t15?,16?,18-,19?/m0/s1. The van der Waals surface area contributed by atoms with Crippen LogP contribution < -0.4 is 0 Å². The fourth-order valence-electron chi connectivity index (χ4n) is 4.91. The van der Waals surface area contributed by atoms with E-state index in [-0.39, 0.29) is 16.7 Å². The van der Waals surface area contributed by atoms with Gasteiger partial charge >= 0.3 is 5.97 Å². The fraction of sp³-hybridized carbons (Fsp3) is 0.450. The second-order valence-corrected chi connectivity index (χ2v) is 9.53. The van der Waals surface area contributed by atoms with Crippen molar-refractivity contribution >= 4 is 26.6 Å². The minimum absolute atomic E-state index is 0.00904. The minimum Gasteiger partial charge on any atom is -0.481 e. The van der Waals surface area contributed by atoms with E-state index in [4.69, 9.17) is 0 Å². The predicted molar refractivity (Wildman–Crippen MR) is 96.1 cm³/mol. The third-order valence-corrected chi connectivity index (χ3v) is 8.33. The van der Waals surface area contributed by atoms with Crippen LogP contribution in [0.25, 0.3) is 10.8 Å². The first-order chi connectivity index (χ1) is 12.0. The molecule has 0 amide bonds. The van der Waals surface area contributed by atoms with Crippen molar-refractivity contribution in [2.75, 3.05) is 0 Å². The first-order valence-electron chi connectivity index (χ1n) is 8.94. The topological polar surface area (TPSA) is 71.4 Å². The molecule has 4 atom stereocenters. The quantitative estimate of drug-likeness (QED) is 0.903. The summed E-state index contributed by atoms with van der Waals surface area (Å²) in [6.45, 7) is 0. The van der Waals surface area contributed by atoms with Gasteiger partial charge in [0.2, 0.25) is 0 Å². The van der Waals surface area contributed by atoms with Gasteiger partial charge in [-0.15, -0.1) is 0 Å². The molecule has 2 aromatic carbocycles. The van der Waals surface area contributed by atoms with Gasteiger partial charge in [-0.3, -0.25) is 4.79 Å². The van der Waals surface area contributed by atoms with Crippen LogP contribution in [0.2, 0.25) is 0 Å². The van der Waals surface area contributed by atoms with E-state index < -0.39 is 27.0 Å². The van der Waals surface area contributed by atoms with Crippen LogP contribution in [0.1, 0.15) is 32.1 Å². The molecule has 4 nitrogen and oxygen atoms in total. The van der Waals surface area contributed by atoms with E-state index in [9.17, 15) is 18.3 Å². The SMILES string of the molecule is O=C(O)[C@H]1C2CCCCC(C2)C1S(=O)(=O)c1ccc2ccccc2c1. The molecule has 3 unspecified atom stereocenters. The average Bonchev–Trinajstić information content (AvgIpc) is 2.80. The molecule has 2 aliphatic rings. The molecule has 2 bridgehead atoms. The normalized spacial score (nSPS) is 29.4. The molecular weight excluding hydrogens is 336 g/mol. The molecule has 25 heavy (non-hydrogen) atoms. The van der Waals surface area contributed by atoms with Crippen LogP contribution in [0, 0.1) is 17.8 Å². The third-order valence-electron chi connectivity index (χ3n) is 6.02. The van der Waals surface area contributed by atoms with Crippen molar-refractivity contribution in [3.8, 4) is 0 Å². The van der Waals surface area contributed by atoms with Gasteiger partial charge in [0.15, 0.2) is 9.84 Å². The second-order valence-electron chi connectivity index (χ2n) is 7.42. The van der Waals surface area contributed by atoms with E-state index >= 15 is 0 Å². The van der Waals surface area contributed by atoms with Crippen LogP contribution in [-0.2, 0) is 14.6 Å². The smallest absolute Gasteiger partial charge is 0.308 e. The molecule has 2 fully saturated rings. The van der Waals surface area contributed by atoms with Crippen molar-refractivity contribution in [3.63, 3.8) is 0 Å². The number of hydrogen-bond acceptors (Lipinski definition) is 3. The number of carboxylic acid groups (broad SMARTS) is 1. The van der Waals surface area contributed by atoms with Gasteiger partial charge in [-0.25, -0.2) is 8.42 Å². The van der Waals surface area contributed by atoms with Crippen molar-refractivity contribution in [1.29, 1.82) is 0 Å². The lowest BCUT2D eigenvalue weighted by atomic mass is 9.90. The molecule has 0 aromatic heterocycles. The number of benzene rings is 2. The lowest BCUT2D eigenvalue weighted by Crippen LogP contribution is -2.37. The Kier molecular flexibility index (Phi) is 4.07. The van der Waals surface area contributed by atoms with Gasteiger partial charge in [0.1, 0.15) is 0 Å². The maximum Gasteiger partial charge on any atom is 0.308 e. The number of carboxylic acids is 1. The van der Waals surface area contributed by atoms with Gasteiger partial charge in [-0.1, -0.05) is 43.2 Å². The van der Waals surface area contributed by atoms with Gasteiger partial charge in [-0.2, -0.15) is 0 Å². The third kappa shape index (κ3) is 2.74. The maximum atomic E-state index is 13.4. The van der Waals surface area contributed by atoms with Crippen LogP contribution in [0.15, 0.2) is 47.4 Å². The minimum atomic E-state index is -3.68. The highest BCUT2D eigenvalue weighted by Crippen LogP contribution is 2.49. The lowest BCUT2D eigenvalue weighted by molar-refractivity contribution is -0.143. The van der Waals surface area contributed by atoms with Crippen molar-refractivity contribution in [2.24, 2.45) is 17.8 Å². The van der Waals surface area contributed by atoms with Gasteiger partial charge in [0.25, 0.3) is 0 Å². The molecule has 2 saturated carbocycles. The highest BCUT2D eigenvalue weighted by Gasteiger charge is 2.53. The highest BCUT2D eigenvalue weighted by molar-refractivity contribution is 7.92. The summed E-state index contributed by atoms with van der Waals surface area (Å²) >= 11 is 0. The largest absolute Gasteiger partial charge is 0.481 e. The average molecular weight is 358 g/mol.